The van der Waals surface area contributed by atoms with Gasteiger partial charge in [0.15, 0.2) is 0 Å². The molecule has 0 spiro atoms. The maximum absolute atomic E-state index is 12.0. The van der Waals surface area contributed by atoms with Crippen LogP contribution in [0.2, 0.25) is 0 Å². The summed E-state index contributed by atoms with van der Waals surface area (Å²) in [4.78, 5) is 23.1. The van der Waals surface area contributed by atoms with Gasteiger partial charge in [-0.1, -0.05) is 54.6 Å². The summed E-state index contributed by atoms with van der Waals surface area (Å²) in [6.07, 6.45) is 3.94. The third-order valence-corrected chi connectivity index (χ3v) is 4.96. The molecule has 2 aromatic rings. The molecule has 0 radical (unpaired) electrons. The normalized spacial score (nSPS) is 13.2. The molecular weight excluding hydrogens is 392 g/mol. The Labute approximate surface area is 174 Å². The molecule has 0 aliphatic rings. The van der Waals surface area contributed by atoms with Crippen molar-refractivity contribution in [2.75, 3.05) is 7.11 Å². The Morgan fingerprint density at radius 3 is 2.59 bits per heavy atom. The van der Waals surface area contributed by atoms with Crippen molar-refractivity contribution in [1.82, 2.24) is 4.72 Å². The highest BCUT2D eigenvalue weighted by Gasteiger charge is 2.20. The monoisotopic (exact) mass is 416 g/mol. The molecule has 154 valence electrons. The lowest BCUT2D eigenvalue weighted by Gasteiger charge is -2.14. The molecule has 8 heteroatoms. The fourth-order valence-electron chi connectivity index (χ4n) is 2.43. The summed E-state index contributed by atoms with van der Waals surface area (Å²) in [5.41, 5.74) is 1.06. The van der Waals surface area contributed by atoms with Crippen LogP contribution in [0.5, 0.6) is 0 Å². The third-order valence-electron chi connectivity index (χ3n) is 3.99. The first-order valence-electron chi connectivity index (χ1n) is 9.07. The largest absolute Gasteiger partial charge is 0.468 e. The average molecular weight is 416 g/mol. The second kappa shape index (κ2) is 12.0. The molecule has 0 bridgehead atoms. The fraction of sp³-hybridized carbons (Fsp3) is 0.286. The standard InChI is InChI=1S/C21H24N2O5S/c1-16(28-15-17-10-4-3-5-11-17)9-8-12-18(21(24)27-2)22-29-20-14-7-6-13-19(20)23(25)26/h3-11,13-14,16,18,22H,12,15H2,1-2H3/b9-8+/t16?,18-/m1/s1. The Hall–Kier alpha value is -2.68. The van der Waals surface area contributed by atoms with Crippen LogP contribution in [0.1, 0.15) is 18.9 Å². The minimum atomic E-state index is -0.651. The molecule has 2 aromatic carbocycles. The number of hydrogen-bond donors (Lipinski definition) is 1. The number of carbonyl (C=O) groups excluding carboxylic acids is 1. The average Bonchev–Trinajstić information content (AvgIpc) is 2.75. The van der Waals surface area contributed by atoms with Crippen LogP contribution >= 0.6 is 11.9 Å². The second-order valence-corrected chi connectivity index (χ2v) is 7.07. The van der Waals surface area contributed by atoms with E-state index in [0.29, 0.717) is 17.9 Å². The molecule has 0 aromatic heterocycles. The van der Waals surface area contributed by atoms with E-state index in [0.717, 1.165) is 17.5 Å². The highest BCUT2D eigenvalue weighted by molar-refractivity contribution is 7.97. The van der Waals surface area contributed by atoms with E-state index < -0.39 is 16.9 Å². The lowest BCUT2D eigenvalue weighted by Crippen LogP contribution is -2.33. The van der Waals surface area contributed by atoms with Gasteiger partial charge in [-0.3, -0.25) is 14.9 Å². The van der Waals surface area contributed by atoms with Gasteiger partial charge in [0.1, 0.15) is 10.9 Å². The molecule has 0 fully saturated rings. The maximum Gasteiger partial charge on any atom is 0.324 e. The minimum Gasteiger partial charge on any atom is -0.468 e. The first-order valence-corrected chi connectivity index (χ1v) is 9.88. The zero-order valence-corrected chi connectivity index (χ0v) is 17.1. The molecule has 2 rings (SSSR count). The first-order chi connectivity index (χ1) is 14.0. The van der Waals surface area contributed by atoms with Crippen LogP contribution < -0.4 is 4.72 Å². The van der Waals surface area contributed by atoms with Gasteiger partial charge >= 0.3 is 5.97 Å². The number of nitrogens with one attached hydrogen (secondary N) is 1. The zero-order chi connectivity index (χ0) is 21.1. The Kier molecular flexibility index (Phi) is 9.36. The molecule has 0 aliphatic heterocycles. The molecule has 1 N–H and O–H groups in total. The van der Waals surface area contributed by atoms with E-state index >= 15 is 0 Å². The summed E-state index contributed by atoms with van der Waals surface area (Å²) in [6, 6.07) is 15.6. The van der Waals surface area contributed by atoms with Gasteiger partial charge in [0.25, 0.3) is 5.69 Å². The van der Waals surface area contributed by atoms with Crippen molar-refractivity contribution < 1.29 is 19.2 Å². The maximum atomic E-state index is 12.0. The molecule has 29 heavy (non-hydrogen) atoms. The van der Waals surface area contributed by atoms with Gasteiger partial charge in [-0.2, -0.15) is 0 Å². The third kappa shape index (κ3) is 7.69. The van der Waals surface area contributed by atoms with Crippen LogP contribution in [0.25, 0.3) is 0 Å². The van der Waals surface area contributed by atoms with Crippen LogP contribution in [0.15, 0.2) is 71.6 Å². The van der Waals surface area contributed by atoms with Crippen molar-refractivity contribution >= 4 is 23.6 Å². The topological polar surface area (TPSA) is 90.7 Å². The van der Waals surface area contributed by atoms with Crippen LogP contribution in [-0.2, 0) is 20.9 Å². The fourth-order valence-corrected chi connectivity index (χ4v) is 3.28. The van der Waals surface area contributed by atoms with Gasteiger partial charge in [0, 0.05) is 6.07 Å². The SMILES string of the molecule is COC(=O)[C@@H](C/C=C/C(C)OCc1ccccc1)NSc1ccccc1[N+](=O)[O-]. The van der Waals surface area contributed by atoms with Crippen LogP contribution in [0.3, 0.4) is 0 Å². The lowest BCUT2D eigenvalue weighted by molar-refractivity contribution is -0.387. The summed E-state index contributed by atoms with van der Waals surface area (Å²) in [6.45, 7) is 2.42. The highest BCUT2D eigenvalue weighted by Crippen LogP contribution is 2.27. The number of rotatable bonds is 11. The van der Waals surface area contributed by atoms with Crippen molar-refractivity contribution in [3.63, 3.8) is 0 Å². The molecule has 1 unspecified atom stereocenters. The van der Waals surface area contributed by atoms with Crippen LogP contribution in [0, 0.1) is 10.1 Å². The summed E-state index contributed by atoms with van der Waals surface area (Å²) in [5.74, 6) is -0.446. The van der Waals surface area contributed by atoms with Gasteiger partial charge in [-0.05, 0) is 36.9 Å². The smallest absolute Gasteiger partial charge is 0.324 e. The van der Waals surface area contributed by atoms with Crippen molar-refractivity contribution in [2.45, 2.75) is 37.0 Å². The number of carbonyl (C=O) groups is 1. The zero-order valence-electron chi connectivity index (χ0n) is 16.3. The van der Waals surface area contributed by atoms with Gasteiger partial charge in [-0.25, -0.2) is 4.72 Å². The number of para-hydroxylation sites is 1. The summed E-state index contributed by atoms with van der Waals surface area (Å²) in [7, 11) is 1.31. The molecule has 7 nitrogen and oxygen atoms in total. The highest BCUT2D eigenvalue weighted by atomic mass is 32.2. The van der Waals surface area contributed by atoms with Crippen LogP contribution in [0.4, 0.5) is 5.69 Å². The Morgan fingerprint density at radius 2 is 1.90 bits per heavy atom. The van der Waals surface area contributed by atoms with Gasteiger partial charge in [-0.15, -0.1) is 0 Å². The van der Waals surface area contributed by atoms with E-state index in [9.17, 15) is 14.9 Å². The molecule has 2 atom stereocenters. The van der Waals surface area contributed by atoms with Crippen molar-refractivity contribution in [3.05, 3.63) is 82.4 Å². The predicted octanol–water partition coefficient (Wildman–Crippen LogP) is 4.28. The quantitative estimate of drug-likeness (QED) is 0.192. The number of nitrogens with zero attached hydrogens (tertiary/aromatic N) is 1. The Morgan fingerprint density at radius 1 is 1.21 bits per heavy atom. The van der Waals surface area contributed by atoms with E-state index in [2.05, 4.69) is 4.72 Å². The van der Waals surface area contributed by atoms with Crippen molar-refractivity contribution in [3.8, 4) is 0 Å². The van der Waals surface area contributed by atoms with Crippen LogP contribution in [-0.4, -0.2) is 30.1 Å². The number of hydrogen-bond acceptors (Lipinski definition) is 7. The van der Waals surface area contributed by atoms with E-state index in [1.54, 1.807) is 18.2 Å². The van der Waals surface area contributed by atoms with E-state index in [1.807, 2.05) is 49.4 Å². The molecule has 0 amide bonds. The number of methoxy groups -OCH3 is 1. The predicted molar refractivity (Wildman–Crippen MR) is 112 cm³/mol. The number of benzene rings is 2. The van der Waals surface area contributed by atoms with E-state index in [1.165, 1.54) is 13.2 Å². The van der Waals surface area contributed by atoms with Crippen molar-refractivity contribution in [2.24, 2.45) is 0 Å². The first kappa shape index (κ1) is 22.6. The molecule has 0 saturated heterocycles. The van der Waals surface area contributed by atoms with E-state index in [4.69, 9.17) is 9.47 Å². The van der Waals surface area contributed by atoms with E-state index in [-0.39, 0.29) is 11.8 Å². The minimum absolute atomic E-state index is 0.0212. The molecule has 0 saturated carbocycles. The molecule has 0 heterocycles. The van der Waals surface area contributed by atoms with Gasteiger partial charge < -0.3 is 9.47 Å². The summed E-state index contributed by atoms with van der Waals surface area (Å²) < 4.78 is 13.6. The Bertz CT molecular complexity index is 829. The summed E-state index contributed by atoms with van der Waals surface area (Å²) >= 11 is 1.04. The van der Waals surface area contributed by atoms with Gasteiger partial charge in [0.2, 0.25) is 0 Å². The van der Waals surface area contributed by atoms with Gasteiger partial charge in [0.05, 0.1) is 24.7 Å². The molecule has 0 aliphatic carbocycles. The molecular formula is C21H24N2O5S. The number of nitro groups is 1. The number of ether oxygens (including phenoxy) is 2. The summed E-state index contributed by atoms with van der Waals surface area (Å²) in [5, 5.41) is 11.1. The second-order valence-electron chi connectivity index (χ2n) is 6.19. The van der Waals surface area contributed by atoms with Crippen molar-refractivity contribution in [1.29, 1.82) is 0 Å². The number of esters is 1. The Balaban J connectivity index is 1.89. The number of nitro benzene ring substituents is 1. The lowest BCUT2D eigenvalue weighted by atomic mass is 10.2.